The topological polar surface area (TPSA) is 66.5 Å². The highest BCUT2D eigenvalue weighted by Gasteiger charge is 2.29. The molecule has 134 valence electrons. The fraction of sp³-hybridized carbons (Fsp3) is 0.316. The first-order chi connectivity index (χ1) is 11.8. The number of carbonyl (C=O) groups is 1. The van der Waals surface area contributed by atoms with Crippen molar-refractivity contribution in [3.8, 4) is 0 Å². The van der Waals surface area contributed by atoms with Crippen LogP contribution in [0.5, 0.6) is 0 Å². The van der Waals surface area contributed by atoms with E-state index in [1.54, 1.807) is 37.3 Å². The second-order valence-electron chi connectivity index (χ2n) is 6.02. The summed E-state index contributed by atoms with van der Waals surface area (Å²) in [5, 5.41) is 2.91. The largest absolute Gasteiger partial charge is 0.324 e. The van der Waals surface area contributed by atoms with Crippen LogP contribution in [0.1, 0.15) is 25.0 Å². The van der Waals surface area contributed by atoms with Crippen molar-refractivity contribution in [2.75, 3.05) is 15.9 Å². The minimum absolute atomic E-state index is 0.363. The van der Waals surface area contributed by atoms with Gasteiger partial charge in [0.05, 0.1) is 11.9 Å². The molecule has 0 saturated heterocycles. The van der Waals surface area contributed by atoms with Gasteiger partial charge in [0, 0.05) is 5.69 Å². The van der Waals surface area contributed by atoms with Gasteiger partial charge < -0.3 is 5.32 Å². The van der Waals surface area contributed by atoms with Crippen LogP contribution >= 0.6 is 0 Å². The number of rotatable bonds is 6. The Hall–Kier alpha value is -2.34. The molecule has 25 heavy (non-hydrogen) atoms. The number of nitrogens with zero attached hydrogens (tertiary/aromatic N) is 1. The van der Waals surface area contributed by atoms with E-state index in [2.05, 4.69) is 5.32 Å². The average Bonchev–Trinajstić information content (AvgIpc) is 2.56. The molecule has 0 heterocycles. The zero-order chi connectivity index (χ0) is 18.6. The monoisotopic (exact) mass is 360 g/mol. The van der Waals surface area contributed by atoms with Crippen LogP contribution in [0.3, 0.4) is 0 Å². The van der Waals surface area contributed by atoms with Crippen LogP contribution in [-0.4, -0.2) is 26.6 Å². The lowest BCUT2D eigenvalue weighted by Crippen LogP contribution is -2.45. The average molecular weight is 360 g/mol. The standard InChI is InChI=1S/C19H24N2O3S/c1-5-16-11-9-10-14(2)18(16)20-19(22)15(3)21(25(4,23)24)17-12-7-6-8-13-17/h6-13,15H,5H2,1-4H3,(H,20,22)/t15-/m1/s1. The van der Waals surface area contributed by atoms with Crippen LogP contribution in [0, 0.1) is 6.92 Å². The lowest BCUT2D eigenvalue weighted by molar-refractivity contribution is -0.116. The summed E-state index contributed by atoms with van der Waals surface area (Å²) in [7, 11) is -3.61. The minimum Gasteiger partial charge on any atom is -0.324 e. The Morgan fingerprint density at radius 2 is 1.76 bits per heavy atom. The molecule has 0 spiro atoms. The van der Waals surface area contributed by atoms with E-state index in [4.69, 9.17) is 0 Å². The third-order valence-corrected chi connectivity index (χ3v) is 5.33. The summed E-state index contributed by atoms with van der Waals surface area (Å²) in [6.07, 6.45) is 1.88. The number of para-hydroxylation sites is 2. The van der Waals surface area contributed by atoms with Crippen LogP contribution in [0.15, 0.2) is 48.5 Å². The maximum absolute atomic E-state index is 12.8. The molecule has 2 rings (SSSR count). The Morgan fingerprint density at radius 3 is 2.32 bits per heavy atom. The molecule has 0 unspecified atom stereocenters. The second kappa shape index (κ2) is 7.70. The van der Waals surface area contributed by atoms with Crippen molar-refractivity contribution in [2.45, 2.75) is 33.2 Å². The van der Waals surface area contributed by atoms with Crippen LogP contribution in [0.25, 0.3) is 0 Å². The highest BCUT2D eigenvalue weighted by atomic mass is 32.2. The summed E-state index contributed by atoms with van der Waals surface area (Å²) in [5.41, 5.74) is 3.19. The molecular weight excluding hydrogens is 336 g/mol. The van der Waals surface area contributed by atoms with Crippen molar-refractivity contribution < 1.29 is 13.2 Å². The molecule has 0 fully saturated rings. The highest BCUT2D eigenvalue weighted by Crippen LogP contribution is 2.24. The lowest BCUT2D eigenvalue weighted by atomic mass is 10.1. The van der Waals surface area contributed by atoms with Gasteiger partial charge in [0.25, 0.3) is 0 Å². The predicted molar refractivity (Wildman–Crippen MR) is 102 cm³/mol. The molecule has 1 amide bonds. The van der Waals surface area contributed by atoms with Crippen molar-refractivity contribution in [1.82, 2.24) is 0 Å². The molecule has 0 radical (unpaired) electrons. The maximum atomic E-state index is 12.8. The zero-order valence-electron chi connectivity index (χ0n) is 15.0. The molecule has 1 N–H and O–H groups in total. The SMILES string of the molecule is CCc1cccc(C)c1NC(=O)[C@@H](C)N(c1ccccc1)S(C)(=O)=O. The van der Waals surface area contributed by atoms with E-state index in [1.807, 2.05) is 32.0 Å². The Morgan fingerprint density at radius 1 is 1.12 bits per heavy atom. The fourth-order valence-electron chi connectivity index (χ4n) is 2.81. The van der Waals surface area contributed by atoms with Gasteiger partial charge in [-0.1, -0.05) is 43.3 Å². The van der Waals surface area contributed by atoms with Crippen LogP contribution in [0.4, 0.5) is 11.4 Å². The van der Waals surface area contributed by atoms with E-state index in [0.717, 1.165) is 33.8 Å². The molecule has 0 aliphatic heterocycles. The molecular formula is C19H24N2O3S. The van der Waals surface area contributed by atoms with Gasteiger partial charge in [-0.15, -0.1) is 0 Å². The molecule has 5 nitrogen and oxygen atoms in total. The summed E-state index contributed by atoms with van der Waals surface area (Å²) in [4.78, 5) is 12.8. The minimum atomic E-state index is -3.61. The first-order valence-corrected chi connectivity index (χ1v) is 10.0. The smallest absolute Gasteiger partial charge is 0.248 e. The molecule has 6 heteroatoms. The van der Waals surface area contributed by atoms with Crippen molar-refractivity contribution in [2.24, 2.45) is 0 Å². The van der Waals surface area contributed by atoms with Gasteiger partial charge in [0.1, 0.15) is 6.04 Å². The van der Waals surface area contributed by atoms with Crippen LogP contribution < -0.4 is 9.62 Å². The van der Waals surface area contributed by atoms with Crippen molar-refractivity contribution in [1.29, 1.82) is 0 Å². The molecule has 0 aromatic heterocycles. The normalized spacial score (nSPS) is 12.5. The first-order valence-electron chi connectivity index (χ1n) is 8.19. The molecule has 2 aromatic rings. The second-order valence-corrected chi connectivity index (χ2v) is 7.88. The third-order valence-electron chi connectivity index (χ3n) is 4.09. The van der Waals surface area contributed by atoms with E-state index >= 15 is 0 Å². The van der Waals surface area contributed by atoms with E-state index in [1.165, 1.54) is 0 Å². The van der Waals surface area contributed by atoms with Crippen molar-refractivity contribution in [3.05, 3.63) is 59.7 Å². The van der Waals surface area contributed by atoms with E-state index < -0.39 is 16.1 Å². The van der Waals surface area contributed by atoms with E-state index in [0.29, 0.717) is 5.69 Å². The third kappa shape index (κ3) is 4.39. The molecule has 2 aromatic carbocycles. The summed E-state index contributed by atoms with van der Waals surface area (Å²) >= 11 is 0. The van der Waals surface area contributed by atoms with Gasteiger partial charge >= 0.3 is 0 Å². The van der Waals surface area contributed by atoms with Gasteiger partial charge in [-0.05, 0) is 43.5 Å². The molecule has 0 saturated carbocycles. The first kappa shape index (κ1) is 19.0. The summed E-state index contributed by atoms with van der Waals surface area (Å²) in [5.74, 6) is -0.363. The number of aryl methyl sites for hydroxylation is 2. The van der Waals surface area contributed by atoms with E-state index in [-0.39, 0.29) is 5.91 Å². The molecule has 0 aliphatic rings. The zero-order valence-corrected chi connectivity index (χ0v) is 15.8. The van der Waals surface area contributed by atoms with Crippen molar-refractivity contribution in [3.63, 3.8) is 0 Å². The lowest BCUT2D eigenvalue weighted by Gasteiger charge is -2.28. The van der Waals surface area contributed by atoms with Gasteiger partial charge in [-0.25, -0.2) is 8.42 Å². The Bertz CT molecular complexity index is 848. The van der Waals surface area contributed by atoms with Crippen LogP contribution in [0.2, 0.25) is 0 Å². The summed E-state index contributed by atoms with van der Waals surface area (Å²) in [6, 6.07) is 13.6. The van der Waals surface area contributed by atoms with Gasteiger partial charge in [-0.3, -0.25) is 9.10 Å². The summed E-state index contributed by atoms with van der Waals surface area (Å²) in [6.45, 7) is 5.53. The Labute approximate surface area is 149 Å². The molecule has 1 atom stereocenters. The summed E-state index contributed by atoms with van der Waals surface area (Å²) < 4.78 is 25.7. The quantitative estimate of drug-likeness (QED) is 0.859. The number of hydrogen-bond acceptors (Lipinski definition) is 3. The van der Waals surface area contributed by atoms with Gasteiger partial charge in [0.15, 0.2) is 0 Å². The maximum Gasteiger partial charge on any atom is 0.248 e. The van der Waals surface area contributed by atoms with Crippen LogP contribution in [-0.2, 0) is 21.2 Å². The van der Waals surface area contributed by atoms with Gasteiger partial charge in [0.2, 0.25) is 15.9 Å². The Balaban J connectivity index is 2.35. The number of amides is 1. The number of benzene rings is 2. The molecule has 0 bridgehead atoms. The van der Waals surface area contributed by atoms with E-state index in [9.17, 15) is 13.2 Å². The van der Waals surface area contributed by atoms with Crippen molar-refractivity contribution >= 4 is 27.3 Å². The number of hydrogen-bond donors (Lipinski definition) is 1. The fourth-order valence-corrected chi connectivity index (χ4v) is 3.99. The number of anilines is 2. The number of carbonyl (C=O) groups excluding carboxylic acids is 1. The molecule has 0 aliphatic carbocycles. The Kier molecular flexibility index (Phi) is 5.85. The predicted octanol–water partition coefficient (Wildman–Crippen LogP) is 3.35. The highest BCUT2D eigenvalue weighted by molar-refractivity contribution is 7.92. The number of sulfonamides is 1. The number of nitrogens with one attached hydrogen (secondary N) is 1. The van der Waals surface area contributed by atoms with Gasteiger partial charge in [-0.2, -0.15) is 0 Å².